The smallest absolute Gasteiger partial charge is 0.193 e. The first-order chi connectivity index (χ1) is 13.8. The van der Waals surface area contributed by atoms with Crippen molar-refractivity contribution in [3.63, 3.8) is 0 Å². The summed E-state index contributed by atoms with van der Waals surface area (Å²) < 4.78 is 10.5. The van der Waals surface area contributed by atoms with Crippen LogP contribution < -0.4 is 5.32 Å². The van der Waals surface area contributed by atoms with Gasteiger partial charge in [0.1, 0.15) is 6.26 Å². The summed E-state index contributed by atoms with van der Waals surface area (Å²) in [6, 6.07) is 1.94. The van der Waals surface area contributed by atoms with E-state index in [2.05, 4.69) is 41.9 Å². The van der Waals surface area contributed by atoms with Crippen LogP contribution in [0.4, 0.5) is 0 Å². The van der Waals surface area contributed by atoms with E-state index in [-0.39, 0.29) is 5.54 Å². The van der Waals surface area contributed by atoms with Gasteiger partial charge in [-0.15, -0.1) is 0 Å². The molecule has 9 heteroatoms. The zero-order chi connectivity index (χ0) is 19.2. The number of guanidine groups is 1. The number of morpholine rings is 1. The Balaban J connectivity index is 1.29. The number of hydrogen-bond acceptors (Lipinski definition) is 7. The summed E-state index contributed by atoms with van der Waals surface area (Å²) in [5.41, 5.74) is 1.24. The lowest BCUT2D eigenvalue weighted by atomic mass is 9.95. The molecule has 1 N–H and O–H groups in total. The van der Waals surface area contributed by atoms with Crippen molar-refractivity contribution in [3.05, 3.63) is 18.0 Å². The molecule has 156 valence electrons. The van der Waals surface area contributed by atoms with Crippen LogP contribution in [0.15, 0.2) is 21.8 Å². The van der Waals surface area contributed by atoms with Gasteiger partial charge in [0.05, 0.1) is 18.9 Å². The third-order valence-electron chi connectivity index (χ3n) is 6.10. The highest BCUT2D eigenvalue weighted by Gasteiger charge is 2.41. The first-order valence-corrected chi connectivity index (χ1v) is 11.4. The van der Waals surface area contributed by atoms with Crippen molar-refractivity contribution >= 4 is 17.7 Å². The minimum atomic E-state index is 0.235. The molecule has 4 rings (SSSR count). The normalized spacial score (nSPS) is 28.0. The number of hydrogen-bond donors (Lipinski definition) is 1. The van der Waals surface area contributed by atoms with Crippen LogP contribution in [0.1, 0.15) is 12.1 Å². The molecular weight excluding hydrogens is 376 g/mol. The van der Waals surface area contributed by atoms with Crippen LogP contribution in [0, 0.1) is 0 Å². The highest BCUT2D eigenvalue weighted by molar-refractivity contribution is 7.99. The predicted octanol–water partition coefficient (Wildman–Crippen LogP) is 0.576. The summed E-state index contributed by atoms with van der Waals surface area (Å²) in [6.45, 7) is 9.61. The molecule has 0 aromatic carbocycles. The Morgan fingerprint density at radius 3 is 2.71 bits per heavy atom. The summed E-state index contributed by atoms with van der Waals surface area (Å²) in [5, 5.41) is 7.74. The number of piperazine rings is 1. The van der Waals surface area contributed by atoms with Gasteiger partial charge in [0.15, 0.2) is 5.96 Å². The minimum absolute atomic E-state index is 0.235. The molecule has 3 saturated heterocycles. The summed E-state index contributed by atoms with van der Waals surface area (Å²) >= 11 is 2.08. The molecule has 3 aliphatic rings. The van der Waals surface area contributed by atoms with E-state index in [1.54, 1.807) is 6.26 Å². The van der Waals surface area contributed by atoms with Gasteiger partial charge in [-0.3, -0.25) is 14.8 Å². The minimum Gasteiger partial charge on any atom is -0.379 e. The lowest BCUT2D eigenvalue weighted by Crippen LogP contribution is -2.61. The Labute approximate surface area is 171 Å². The molecular formula is C19H32N6O2S. The van der Waals surface area contributed by atoms with Gasteiger partial charge in [-0.05, 0) is 12.2 Å². The van der Waals surface area contributed by atoms with Gasteiger partial charge in [0, 0.05) is 76.8 Å². The third kappa shape index (κ3) is 4.64. The molecule has 0 spiro atoms. The number of thioether (sulfide) groups is 1. The molecule has 1 aromatic rings. The largest absolute Gasteiger partial charge is 0.379 e. The number of nitrogens with zero attached hydrogens (tertiary/aromatic N) is 5. The van der Waals surface area contributed by atoms with Gasteiger partial charge >= 0.3 is 0 Å². The van der Waals surface area contributed by atoms with Crippen molar-refractivity contribution in [2.24, 2.45) is 4.99 Å². The zero-order valence-corrected chi connectivity index (χ0v) is 17.6. The van der Waals surface area contributed by atoms with Crippen molar-refractivity contribution < 1.29 is 9.26 Å². The fourth-order valence-corrected chi connectivity index (χ4v) is 5.85. The van der Waals surface area contributed by atoms with E-state index in [1.807, 2.05) is 13.1 Å². The van der Waals surface area contributed by atoms with Gasteiger partial charge in [-0.2, -0.15) is 11.8 Å². The second-order valence-electron chi connectivity index (χ2n) is 7.78. The fraction of sp³-hybridized carbons (Fsp3) is 0.789. The first-order valence-electron chi connectivity index (χ1n) is 10.3. The van der Waals surface area contributed by atoms with E-state index in [1.165, 1.54) is 17.9 Å². The highest BCUT2D eigenvalue weighted by atomic mass is 32.2. The molecule has 8 nitrogen and oxygen atoms in total. The molecule has 28 heavy (non-hydrogen) atoms. The fourth-order valence-electron chi connectivity index (χ4n) is 4.38. The molecule has 1 aromatic heterocycles. The third-order valence-corrected chi connectivity index (χ3v) is 7.33. The van der Waals surface area contributed by atoms with Crippen molar-refractivity contribution in [2.75, 3.05) is 77.6 Å². The van der Waals surface area contributed by atoms with Crippen LogP contribution >= 0.6 is 11.8 Å². The van der Waals surface area contributed by atoms with Crippen LogP contribution in [0.5, 0.6) is 0 Å². The lowest BCUT2D eigenvalue weighted by molar-refractivity contribution is -0.0122. The van der Waals surface area contributed by atoms with Crippen molar-refractivity contribution in [3.8, 4) is 0 Å². The monoisotopic (exact) mass is 408 g/mol. The van der Waals surface area contributed by atoms with E-state index in [9.17, 15) is 0 Å². The van der Waals surface area contributed by atoms with Crippen LogP contribution in [0.25, 0.3) is 0 Å². The first kappa shape index (κ1) is 20.0. The Morgan fingerprint density at radius 2 is 2.07 bits per heavy atom. The van der Waals surface area contributed by atoms with E-state index >= 15 is 0 Å². The Morgan fingerprint density at radius 1 is 1.25 bits per heavy atom. The summed E-state index contributed by atoms with van der Waals surface area (Å²) in [6.07, 6.45) is 2.89. The predicted molar refractivity (Wildman–Crippen MR) is 112 cm³/mol. The Hall–Kier alpha value is -1.29. The number of ether oxygens (including phenoxy) is 1. The Bertz CT molecular complexity index is 620. The van der Waals surface area contributed by atoms with Crippen LogP contribution in [-0.2, 0) is 11.3 Å². The van der Waals surface area contributed by atoms with Crippen LogP contribution in [0.2, 0.25) is 0 Å². The number of nitrogens with one attached hydrogen (secondary N) is 1. The molecule has 0 radical (unpaired) electrons. The van der Waals surface area contributed by atoms with Gasteiger partial charge in [-0.1, -0.05) is 5.16 Å². The van der Waals surface area contributed by atoms with Gasteiger partial charge < -0.3 is 19.5 Å². The second kappa shape index (κ2) is 9.47. The number of aliphatic imine (C=N–C) groups is 1. The molecule has 1 atom stereocenters. The zero-order valence-electron chi connectivity index (χ0n) is 16.8. The van der Waals surface area contributed by atoms with E-state index in [4.69, 9.17) is 9.26 Å². The average molecular weight is 409 g/mol. The van der Waals surface area contributed by atoms with E-state index < -0.39 is 0 Å². The topological polar surface area (TPSA) is 69.4 Å². The maximum absolute atomic E-state index is 5.58. The molecule has 3 aliphatic heterocycles. The SMILES string of the molecule is CN=C(NCC1(N2CCOCC2)CCSC1)N1CCN(Cc2ccon2)CC1. The van der Waals surface area contributed by atoms with Crippen molar-refractivity contribution in [1.82, 2.24) is 25.2 Å². The van der Waals surface area contributed by atoms with Crippen LogP contribution in [0.3, 0.4) is 0 Å². The summed E-state index contributed by atoms with van der Waals surface area (Å²) in [5.74, 6) is 3.48. The summed E-state index contributed by atoms with van der Waals surface area (Å²) in [7, 11) is 1.90. The Kier molecular flexibility index (Phi) is 6.77. The highest BCUT2D eigenvalue weighted by Crippen LogP contribution is 2.33. The van der Waals surface area contributed by atoms with E-state index in [0.717, 1.165) is 77.2 Å². The maximum Gasteiger partial charge on any atom is 0.193 e. The quantitative estimate of drug-likeness (QED) is 0.560. The maximum atomic E-state index is 5.58. The molecule has 0 bridgehead atoms. The van der Waals surface area contributed by atoms with Crippen molar-refractivity contribution in [2.45, 2.75) is 18.5 Å². The van der Waals surface area contributed by atoms with Crippen molar-refractivity contribution in [1.29, 1.82) is 0 Å². The second-order valence-corrected chi connectivity index (χ2v) is 8.89. The van der Waals surface area contributed by atoms with Gasteiger partial charge in [0.25, 0.3) is 0 Å². The summed E-state index contributed by atoms with van der Waals surface area (Å²) in [4.78, 5) is 12.0. The van der Waals surface area contributed by atoms with Gasteiger partial charge in [-0.25, -0.2) is 0 Å². The molecule has 0 aliphatic carbocycles. The van der Waals surface area contributed by atoms with E-state index in [0.29, 0.717) is 0 Å². The molecule has 3 fully saturated rings. The molecule has 0 amide bonds. The molecule has 1 unspecified atom stereocenters. The lowest BCUT2D eigenvalue weighted by Gasteiger charge is -2.44. The average Bonchev–Trinajstić information content (AvgIpc) is 3.43. The molecule has 4 heterocycles. The van der Waals surface area contributed by atoms with Crippen LogP contribution in [-0.4, -0.2) is 109 Å². The molecule has 0 saturated carbocycles. The number of rotatable bonds is 5. The standard InChI is InChI=1S/C19H32N6O2S/c1-20-18(24-6-4-23(5-7-24)14-17-2-10-27-22-17)21-15-19(3-13-28-16-19)25-8-11-26-12-9-25/h2,10H,3-9,11-16H2,1H3,(H,20,21). The number of aromatic nitrogens is 1. The van der Waals surface area contributed by atoms with Gasteiger partial charge in [0.2, 0.25) is 0 Å².